The van der Waals surface area contributed by atoms with E-state index in [4.69, 9.17) is 5.26 Å². The molecule has 0 bridgehead atoms. The number of aromatic amines is 1. The topological polar surface area (TPSA) is 64.5 Å². The Morgan fingerprint density at radius 2 is 2.35 bits per heavy atom. The van der Waals surface area contributed by atoms with Gasteiger partial charge in [-0.1, -0.05) is 6.07 Å². The molecule has 0 saturated carbocycles. The van der Waals surface area contributed by atoms with Crippen LogP contribution >= 0.6 is 15.9 Å². The van der Waals surface area contributed by atoms with E-state index in [-0.39, 0.29) is 6.04 Å². The van der Waals surface area contributed by atoms with Crippen LogP contribution in [0.15, 0.2) is 35.1 Å². The first-order chi connectivity index (χ1) is 8.22. The molecule has 0 spiro atoms. The first kappa shape index (κ1) is 11.7. The number of halogens is 1. The zero-order valence-electron chi connectivity index (χ0n) is 9.24. The highest BCUT2D eigenvalue weighted by Gasteiger charge is 2.11. The van der Waals surface area contributed by atoms with Gasteiger partial charge in [0, 0.05) is 16.9 Å². The number of nitrogens with zero attached hydrogens (tertiary/aromatic N) is 2. The summed E-state index contributed by atoms with van der Waals surface area (Å²) in [4.78, 5) is 7.22. The molecule has 0 amide bonds. The summed E-state index contributed by atoms with van der Waals surface area (Å²) in [7, 11) is 0. The number of hydrogen-bond donors (Lipinski definition) is 2. The van der Waals surface area contributed by atoms with E-state index in [2.05, 4.69) is 37.3 Å². The van der Waals surface area contributed by atoms with Crippen molar-refractivity contribution >= 4 is 21.6 Å². The summed E-state index contributed by atoms with van der Waals surface area (Å²) in [6.45, 7) is 1.99. The molecule has 0 fully saturated rings. The number of hydrogen-bond acceptors (Lipinski definition) is 3. The van der Waals surface area contributed by atoms with E-state index in [1.807, 2.05) is 25.1 Å². The maximum atomic E-state index is 9.10. The molecule has 2 aromatic rings. The summed E-state index contributed by atoms with van der Waals surface area (Å²) >= 11 is 3.36. The molecule has 1 aromatic carbocycles. The van der Waals surface area contributed by atoms with Crippen molar-refractivity contribution in [2.45, 2.75) is 13.0 Å². The van der Waals surface area contributed by atoms with Crippen LogP contribution in [0.3, 0.4) is 0 Å². The largest absolute Gasteiger partial charge is 0.374 e. The Labute approximate surface area is 108 Å². The molecule has 1 atom stereocenters. The monoisotopic (exact) mass is 290 g/mol. The summed E-state index contributed by atoms with van der Waals surface area (Å²) < 4.78 is 0.789. The summed E-state index contributed by atoms with van der Waals surface area (Å²) in [6.07, 6.45) is 3.49. The highest BCUT2D eigenvalue weighted by molar-refractivity contribution is 9.10. The standard InChI is InChI=1S/C12H11BrN4/c1-8(12-15-5-6-16-12)17-11-4-2-3-10(13)9(11)7-14/h2-6,8,17H,1H3,(H,15,16). The fraction of sp³-hybridized carbons (Fsp3) is 0.167. The number of imidazole rings is 1. The molecular weight excluding hydrogens is 280 g/mol. The van der Waals surface area contributed by atoms with Gasteiger partial charge in [0.15, 0.2) is 0 Å². The lowest BCUT2D eigenvalue weighted by Crippen LogP contribution is -2.09. The summed E-state index contributed by atoms with van der Waals surface area (Å²) in [5.41, 5.74) is 1.40. The highest BCUT2D eigenvalue weighted by atomic mass is 79.9. The van der Waals surface area contributed by atoms with Crippen LogP contribution in [-0.4, -0.2) is 9.97 Å². The van der Waals surface area contributed by atoms with Crippen molar-refractivity contribution in [1.82, 2.24) is 9.97 Å². The van der Waals surface area contributed by atoms with Crippen LogP contribution < -0.4 is 5.32 Å². The first-order valence-electron chi connectivity index (χ1n) is 5.17. The van der Waals surface area contributed by atoms with Crippen LogP contribution in [0.4, 0.5) is 5.69 Å². The quantitative estimate of drug-likeness (QED) is 0.912. The Morgan fingerprint density at radius 1 is 1.53 bits per heavy atom. The second kappa shape index (κ2) is 5.02. The summed E-state index contributed by atoms with van der Waals surface area (Å²) in [5.74, 6) is 0.842. The van der Waals surface area contributed by atoms with E-state index in [1.54, 1.807) is 12.4 Å². The first-order valence-corrected chi connectivity index (χ1v) is 5.96. The molecule has 2 N–H and O–H groups in total. The predicted molar refractivity (Wildman–Crippen MR) is 69.5 cm³/mol. The third-order valence-electron chi connectivity index (χ3n) is 2.43. The van der Waals surface area contributed by atoms with Crippen LogP contribution in [0.2, 0.25) is 0 Å². The Morgan fingerprint density at radius 3 is 3.00 bits per heavy atom. The Kier molecular flexibility index (Phi) is 3.45. The smallest absolute Gasteiger partial charge is 0.128 e. The van der Waals surface area contributed by atoms with Crippen molar-refractivity contribution in [2.24, 2.45) is 0 Å². The van der Waals surface area contributed by atoms with Crippen molar-refractivity contribution in [2.75, 3.05) is 5.32 Å². The van der Waals surface area contributed by atoms with Gasteiger partial charge in [-0.3, -0.25) is 0 Å². The van der Waals surface area contributed by atoms with Crippen molar-refractivity contribution < 1.29 is 0 Å². The maximum Gasteiger partial charge on any atom is 0.128 e. The SMILES string of the molecule is CC(Nc1cccc(Br)c1C#N)c1ncc[nH]1. The second-order valence-electron chi connectivity index (χ2n) is 3.61. The van der Waals surface area contributed by atoms with Crippen LogP contribution in [0.1, 0.15) is 24.4 Å². The number of aromatic nitrogens is 2. The van der Waals surface area contributed by atoms with E-state index < -0.39 is 0 Å². The molecule has 0 saturated heterocycles. The summed E-state index contributed by atoms with van der Waals surface area (Å²) in [5, 5.41) is 12.4. The number of H-pyrrole nitrogens is 1. The van der Waals surface area contributed by atoms with Gasteiger partial charge in [-0.25, -0.2) is 4.98 Å². The van der Waals surface area contributed by atoms with Gasteiger partial charge in [-0.2, -0.15) is 5.26 Å². The Bertz CT molecular complexity index is 542. The molecule has 0 radical (unpaired) electrons. The summed E-state index contributed by atoms with van der Waals surface area (Å²) in [6, 6.07) is 7.81. The van der Waals surface area contributed by atoms with Crippen LogP contribution in [-0.2, 0) is 0 Å². The average Bonchev–Trinajstić information content (AvgIpc) is 2.82. The van der Waals surface area contributed by atoms with Gasteiger partial charge >= 0.3 is 0 Å². The molecule has 0 aliphatic carbocycles. The lowest BCUT2D eigenvalue weighted by Gasteiger charge is -2.14. The third-order valence-corrected chi connectivity index (χ3v) is 3.09. The van der Waals surface area contributed by atoms with Crippen molar-refractivity contribution in [3.05, 3.63) is 46.5 Å². The predicted octanol–water partition coefficient (Wildman–Crippen LogP) is 3.22. The Balaban J connectivity index is 2.25. The van der Waals surface area contributed by atoms with E-state index in [9.17, 15) is 0 Å². The molecule has 0 aliphatic rings. The number of nitriles is 1. The van der Waals surface area contributed by atoms with Gasteiger partial charge in [0.25, 0.3) is 0 Å². The average molecular weight is 291 g/mol. The number of benzene rings is 1. The molecule has 17 heavy (non-hydrogen) atoms. The molecule has 0 aliphatic heterocycles. The fourth-order valence-corrected chi connectivity index (χ4v) is 2.03. The maximum absolute atomic E-state index is 9.10. The minimum absolute atomic E-state index is 0.0198. The minimum Gasteiger partial charge on any atom is -0.374 e. The Hall–Kier alpha value is -1.80. The van der Waals surface area contributed by atoms with E-state index in [1.165, 1.54) is 0 Å². The van der Waals surface area contributed by atoms with Gasteiger partial charge in [0.05, 0.1) is 17.3 Å². The molecule has 1 aromatic heterocycles. The normalized spacial score (nSPS) is 11.8. The van der Waals surface area contributed by atoms with Gasteiger partial charge in [0.2, 0.25) is 0 Å². The van der Waals surface area contributed by atoms with Gasteiger partial charge < -0.3 is 10.3 Å². The van der Waals surface area contributed by atoms with Crippen LogP contribution in [0.25, 0.3) is 0 Å². The second-order valence-corrected chi connectivity index (χ2v) is 4.47. The van der Waals surface area contributed by atoms with E-state index >= 15 is 0 Å². The van der Waals surface area contributed by atoms with Crippen molar-refractivity contribution in [3.63, 3.8) is 0 Å². The van der Waals surface area contributed by atoms with Crippen LogP contribution in [0, 0.1) is 11.3 Å². The lowest BCUT2D eigenvalue weighted by molar-refractivity contribution is 0.809. The minimum atomic E-state index is 0.0198. The molecule has 2 rings (SSSR count). The van der Waals surface area contributed by atoms with E-state index in [0.29, 0.717) is 5.56 Å². The molecule has 1 heterocycles. The highest BCUT2D eigenvalue weighted by Crippen LogP contribution is 2.26. The molecule has 86 valence electrons. The molecule has 5 heteroatoms. The fourth-order valence-electron chi connectivity index (χ4n) is 1.57. The van der Waals surface area contributed by atoms with Crippen molar-refractivity contribution in [3.8, 4) is 6.07 Å². The number of nitrogens with one attached hydrogen (secondary N) is 2. The molecule has 4 nitrogen and oxygen atoms in total. The lowest BCUT2D eigenvalue weighted by atomic mass is 10.1. The van der Waals surface area contributed by atoms with E-state index in [0.717, 1.165) is 16.0 Å². The van der Waals surface area contributed by atoms with Gasteiger partial charge in [-0.05, 0) is 35.0 Å². The molecule has 1 unspecified atom stereocenters. The number of rotatable bonds is 3. The van der Waals surface area contributed by atoms with Gasteiger partial charge in [0.1, 0.15) is 11.9 Å². The van der Waals surface area contributed by atoms with Crippen LogP contribution in [0.5, 0.6) is 0 Å². The van der Waals surface area contributed by atoms with Crippen molar-refractivity contribution in [1.29, 1.82) is 5.26 Å². The zero-order valence-corrected chi connectivity index (χ0v) is 10.8. The zero-order chi connectivity index (χ0) is 12.3. The number of anilines is 1. The third kappa shape index (κ3) is 2.48. The molecular formula is C12H11BrN4. The van der Waals surface area contributed by atoms with Gasteiger partial charge in [-0.15, -0.1) is 0 Å².